The predicted molar refractivity (Wildman–Crippen MR) is 200 cm³/mol. The lowest BCUT2D eigenvalue weighted by Gasteiger charge is -2.18. The molecule has 0 aliphatic heterocycles. The second-order valence-corrected chi connectivity index (χ2v) is 12.5. The zero-order valence-corrected chi connectivity index (χ0v) is 25.6. The highest BCUT2D eigenvalue weighted by molar-refractivity contribution is 6.22. The Bertz CT molecular complexity index is 2760. The third-order valence-corrected chi connectivity index (χ3v) is 9.82. The molecule has 1 aromatic heterocycles. The van der Waals surface area contributed by atoms with E-state index in [0.717, 1.165) is 11.2 Å². The molecule has 0 N–H and O–H groups in total. The summed E-state index contributed by atoms with van der Waals surface area (Å²) >= 11 is 0. The summed E-state index contributed by atoms with van der Waals surface area (Å²) in [6.07, 6.45) is 0. The van der Waals surface area contributed by atoms with Crippen LogP contribution in [-0.4, -0.2) is 0 Å². The van der Waals surface area contributed by atoms with Crippen LogP contribution in [-0.2, 0) is 0 Å². The van der Waals surface area contributed by atoms with Crippen molar-refractivity contribution in [3.8, 4) is 33.4 Å². The Morgan fingerprint density at radius 2 is 0.809 bits per heavy atom. The van der Waals surface area contributed by atoms with Crippen molar-refractivity contribution < 1.29 is 4.42 Å². The second kappa shape index (κ2) is 10.2. The van der Waals surface area contributed by atoms with E-state index in [9.17, 15) is 0 Å². The number of furan rings is 1. The monoisotopic (exact) mass is 596 g/mol. The van der Waals surface area contributed by atoms with Gasteiger partial charge in [-0.2, -0.15) is 0 Å². The van der Waals surface area contributed by atoms with Gasteiger partial charge in [-0.1, -0.05) is 146 Å². The SMILES string of the molecule is c1ccc(-c2c3ccccc3c(-c3ccc(-c4ccc5cc6c(cc5c4)oc4ccc5ccccc5c46)cc3)c3ccccc23)cc1. The molecule has 0 atom stereocenters. The third-order valence-electron chi connectivity index (χ3n) is 9.82. The lowest BCUT2D eigenvalue weighted by atomic mass is 9.85. The molecule has 1 nitrogen and oxygen atoms in total. The fourth-order valence-corrected chi connectivity index (χ4v) is 7.65. The number of hydrogen-bond donors (Lipinski definition) is 0. The first-order valence-electron chi connectivity index (χ1n) is 16.2. The Labute approximate surface area is 271 Å². The van der Waals surface area contributed by atoms with E-state index in [1.54, 1.807) is 0 Å². The minimum absolute atomic E-state index is 0.925. The lowest BCUT2D eigenvalue weighted by molar-refractivity contribution is 0.670. The van der Waals surface area contributed by atoms with E-state index in [-0.39, 0.29) is 0 Å². The Morgan fingerprint density at radius 3 is 1.49 bits per heavy atom. The first-order chi connectivity index (χ1) is 23.3. The third kappa shape index (κ3) is 4.03. The Morgan fingerprint density at radius 1 is 0.277 bits per heavy atom. The summed E-state index contributed by atoms with van der Waals surface area (Å²) in [4.78, 5) is 0. The Balaban J connectivity index is 1.10. The molecule has 47 heavy (non-hydrogen) atoms. The molecule has 0 bridgehead atoms. The minimum Gasteiger partial charge on any atom is -0.456 e. The van der Waals surface area contributed by atoms with E-state index in [0.29, 0.717) is 0 Å². The fourth-order valence-electron chi connectivity index (χ4n) is 7.65. The van der Waals surface area contributed by atoms with Crippen molar-refractivity contribution in [2.24, 2.45) is 0 Å². The zero-order chi connectivity index (χ0) is 30.9. The average Bonchev–Trinajstić information content (AvgIpc) is 3.51. The molecule has 9 aromatic carbocycles. The van der Waals surface area contributed by atoms with Gasteiger partial charge in [-0.25, -0.2) is 0 Å². The van der Waals surface area contributed by atoms with Crippen molar-refractivity contribution in [2.45, 2.75) is 0 Å². The maximum absolute atomic E-state index is 6.39. The van der Waals surface area contributed by atoms with Crippen LogP contribution in [0.1, 0.15) is 0 Å². The maximum Gasteiger partial charge on any atom is 0.136 e. The number of rotatable bonds is 3. The van der Waals surface area contributed by atoms with Crippen molar-refractivity contribution in [1.82, 2.24) is 0 Å². The van der Waals surface area contributed by atoms with Crippen LogP contribution in [0, 0.1) is 0 Å². The molecule has 0 saturated carbocycles. The van der Waals surface area contributed by atoms with E-state index in [4.69, 9.17) is 4.42 Å². The van der Waals surface area contributed by atoms with Gasteiger partial charge in [0.05, 0.1) is 0 Å². The molecule has 218 valence electrons. The van der Waals surface area contributed by atoms with Crippen LogP contribution in [0.2, 0.25) is 0 Å². The highest BCUT2D eigenvalue weighted by atomic mass is 16.3. The molecule has 10 rings (SSSR count). The van der Waals surface area contributed by atoms with Crippen LogP contribution in [0.4, 0.5) is 0 Å². The summed E-state index contributed by atoms with van der Waals surface area (Å²) in [5.74, 6) is 0. The number of fused-ring (bicyclic) bond motifs is 8. The van der Waals surface area contributed by atoms with Gasteiger partial charge in [-0.05, 0) is 101 Å². The molecule has 0 aliphatic rings. The molecular formula is C46H28O. The fraction of sp³-hybridized carbons (Fsp3) is 0. The summed E-state index contributed by atoms with van der Waals surface area (Å²) in [6.45, 7) is 0. The van der Waals surface area contributed by atoms with Crippen LogP contribution < -0.4 is 0 Å². The normalized spacial score (nSPS) is 11.8. The highest BCUT2D eigenvalue weighted by Crippen LogP contribution is 2.44. The van der Waals surface area contributed by atoms with Gasteiger partial charge < -0.3 is 4.42 Å². The molecule has 0 fully saturated rings. The van der Waals surface area contributed by atoms with Gasteiger partial charge >= 0.3 is 0 Å². The molecule has 0 spiro atoms. The van der Waals surface area contributed by atoms with E-state index in [2.05, 4.69) is 170 Å². The van der Waals surface area contributed by atoms with E-state index >= 15 is 0 Å². The van der Waals surface area contributed by atoms with Gasteiger partial charge in [0.25, 0.3) is 0 Å². The predicted octanol–water partition coefficient (Wildman–Crippen LogP) is 13.2. The molecule has 0 saturated heterocycles. The highest BCUT2D eigenvalue weighted by Gasteiger charge is 2.17. The van der Waals surface area contributed by atoms with E-state index in [1.807, 2.05) is 0 Å². The molecule has 10 aromatic rings. The smallest absolute Gasteiger partial charge is 0.136 e. The average molecular weight is 597 g/mol. The molecule has 0 unspecified atom stereocenters. The van der Waals surface area contributed by atoms with Crippen LogP contribution in [0.3, 0.4) is 0 Å². The first-order valence-corrected chi connectivity index (χ1v) is 16.2. The van der Waals surface area contributed by atoms with Crippen molar-refractivity contribution >= 4 is 65.0 Å². The zero-order valence-electron chi connectivity index (χ0n) is 25.6. The summed E-state index contributed by atoms with van der Waals surface area (Å²) in [5, 5.41) is 12.3. The van der Waals surface area contributed by atoms with Crippen molar-refractivity contribution in [3.63, 3.8) is 0 Å². The van der Waals surface area contributed by atoms with Gasteiger partial charge in [0.1, 0.15) is 11.2 Å². The summed E-state index contributed by atoms with van der Waals surface area (Å²) < 4.78 is 6.39. The first kappa shape index (κ1) is 26.1. The van der Waals surface area contributed by atoms with Gasteiger partial charge in [0.15, 0.2) is 0 Å². The lowest BCUT2D eigenvalue weighted by Crippen LogP contribution is -1.90. The Kier molecular flexibility index (Phi) is 5.64. The van der Waals surface area contributed by atoms with E-state index in [1.165, 1.54) is 87.2 Å². The Hall–Kier alpha value is -6.18. The molecule has 0 aliphatic carbocycles. The summed E-state index contributed by atoms with van der Waals surface area (Å²) in [7, 11) is 0. The molecule has 0 amide bonds. The molecule has 1 heteroatoms. The van der Waals surface area contributed by atoms with Gasteiger partial charge in [-0.3, -0.25) is 0 Å². The molecular weight excluding hydrogens is 569 g/mol. The van der Waals surface area contributed by atoms with Crippen molar-refractivity contribution in [3.05, 3.63) is 170 Å². The minimum atomic E-state index is 0.925. The molecule has 1 heterocycles. The summed E-state index contributed by atoms with van der Waals surface area (Å²) in [6, 6.07) is 61.5. The number of benzene rings is 9. The van der Waals surface area contributed by atoms with E-state index < -0.39 is 0 Å². The standard InChI is InChI=1S/C46H28O/c1-2-11-31(12-3-1)44-37-14-6-8-16-39(37)45(40-17-9-7-15-38(40)44)32-20-18-29(19-21-32)33-22-23-34-27-41-43(28-35(34)26-33)47-42-25-24-30-10-4-5-13-36(30)46(41)42/h1-28H. The van der Waals surface area contributed by atoms with Gasteiger partial charge in [0, 0.05) is 10.8 Å². The summed E-state index contributed by atoms with van der Waals surface area (Å²) in [5.41, 5.74) is 9.28. The van der Waals surface area contributed by atoms with Crippen molar-refractivity contribution in [1.29, 1.82) is 0 Å². The van der Waals surface area contributed by atoms with Crippen LogP contribution in [0.25, 0.3) is 98.4 Å². The van der Waals surface area contributed by atoms with Crippen molar-refractivity contribution in [2.75, 3.05) is 0 Å². The van der Waals surface area contributed by atoms with Gasteiger partial charge in [-0.15, -0.1) is 0 Å². The topological polar surface area (TPSA) is 13.1 Å². The second-order valence-electron chi connectivity index (χ2n) is 12.5. The number of hydrogen-bond acceptors (Lipinski definition) is 1. The van der Waals surface area contributed by atoms with Crippen LogP contribution >= 0.6 is 0 Å². The van der Waals surface area contributed by atoms with Gasteiger partial charge in [0.2, 0.25) is 0 Å². The van der Waals surface area contributed by atoms with Crippen LogP contribution in [0.5, 0.6) is 0 Å². The molecule has 0 radical (unpaired) electrons. The van der Waals surface area contributed by atoms with Crippen LogP contribution in [0.15, 0.2) is 174 Å². The quantitative estimate of drug-likeness (QED) is 0.185. The largest absolute Gasteiger partial charge is 0.456 e. The maximum atomic E-state index is 6.39.